The normalized spacial score (nSPS) is 10.7. The second kappa shape index (κ2) is 7.91. The number of nitrogens with zero attached hydrogens (tertiary/aromatic N) is 1. The third kappa shape index (κ3) is 3.80. The molecule has 0 saturated heterocycles. The Morgan fingerprint density at radius 1 is 1.08 bits per heavy atom. The first-order chi connectivity index (χ1) is 12.6. The maximum Gasteiger partial charge on any atom is 0.250 e. The minimum atomic E-state index is -0.395. The van der Waals surface area contributed by atoms with Gasteiger partial charge >= 0.3 is 0 Å². The summed E-state index contributed by atoms with van der Waals surface area (Å²) in [5.41, 5.74) is 10.4. The third-order valence-electron chi connectivity index (χ3n) is 4.69. The summed E-state index contributed by atoms with van der Waals surface area (Å²) in [6.45, 7) is 2.77. The summed E-state index contributed by atoms with van der Waals surface area (Å²) >= 11 is 0. The maximum atomic E-state index is 11.8. The number of amides is 1. The Hall–Kier alpha value is -3.01. The SMILES string of the molecule is COc1cccc(-c2cc(C(N)=O)c(C)n2CCCc2ccccc2)c1. The summed E-state index contributed by atoms with van der Waals surface area (Å²) in [6, 6.07) is 20.2. The van der Waals surface area contributed by atoms with Crippen LogP contribution in [0.15, 0.2) is 60.7 Å². The number of nitrogens with two attached hydrogens (primary N) is 1. The van der Waals surface area contributed by atoms with Crippen LogP contribution in [0, 0.1) is 6.92 Å². The number of rotatable bonds is 7. The average molecular weight is 348 g/mol. The van der Waals surface area contributed by atoms with Crippen LogP contribution < -0.4 is 10.5 Å². The number of primary amides is 1. The molecule has 1 aromatic heterocycles. The number of aromatic nitrogens is 1. The highest BCUT2D eigenvalue weighted by Gasteiger charge is 2.17. The Morgan fingerprint density at radius 3 is 2.54 bits per heavy atom. The Kier molecular flexibility index (Phi) is 5.42. The van der Waals surface area contributed by atoms with E-state index in [9.17, 15) is 4.79 Å². The van der Waals surface area contributed by atoms with Gasteiger partial charge in [0, 0.05) is 23.5 Å². The van der Waals surface area contributed by atoms with E-state index in [1.54, 1.807) is 7.11 Å². The largest absolute Gasteiger partial charge is 0.497 e. The van der Waals surface area contributed by atoms with Crippen molar-refractivity contribution in [3.8, 4) is 17.0 Å². The van der Waals surface area contributed by atoms with Gasteiger partial charge in [-0.25, -0.2) is 0 Å². The summed E-state index contributed by atoms with van der Waals surface area (Å²) < 4.78 is 7.52. The Morgan fingerprint density at radius 2 is 1.85 bits per heavy atom. The van der Waals surface area contributed by atoms with Crippen molar-refractivity contribution in [1.82, 2.24) is 4.57 Å². The van der Waals surface area contributed by atoms with Crippen LogP contribution in [0.3, 0.4) is 0 Å². The number of carbonyl (C=O) groups is 1. The fourth-order valence-corrected chi connectivity index (χ4v) is 3.29. The van der Waals surface area contributed by atoms with E-state index >= 15 is 0 Å². The van der Waals surface area contributed by atoms with Crippen molar-refractivity contribution < 1.29 is 9.53 Å². The number of hydrogen-bond acceptors (Lipinski definition) is 2. The fourth-order valence-electron chi connectivity index (χ4n) is 3.29. The molecule has 1 heterocycles. The van der Waals surface area contributed by atoms with Crippen LogP contribution in [-0.2, 0) is 13.0 Å². The van der Waals surface area contributed by atoms with Gasteiger partial charge in [-0.2, -0.15) is 0 Å². The average Bonchev–Trinajstić information content (AvgIpc) is 2.99. The van der Waals surface area contributed by atoms with Gasteiger partial charge in [0.1, 0.15) is 5.75 Å². The quantitative estimate of drug-likeness (QED) is 0.695. The first kappa shape index (κ1) is 17.8. The van der Waals surface area contributed by atoms with Crippen LogP contribution >= 0.6 is 0 Å². The Labute approximate surface area is 154 Å². The van der Waals surface area contributed by atoms with Gasteiger partial charge in [-0.1, -0.05) is 42.5 Å². The molecule has 0 saturated carbocycles. The highest BCUT2D eigenvalue weighted by Crippen LogP contribution is 2.29. The predicted octanol–water partition coefficient (Wildman–Crippen LogP) is 4.20. The first-order valence-corrected chi connectivity index (χ1v) is 8.78. The molecule has 4 nitrogen and oxygen atoms in total. The second-order valence-electron chi connectivity index (χ2n) is 6.37. The standard InChI is InChI=1S/C22H24N2O2/c1-16-20(22(23)25)15-21(18-11-6-12-19(14-18)26-2)24(16)13-7-10-17-8-4-3-5-9-17/h3-6,8-9,11-12,14-15H,7,10,13H2,1-2H3,(H2,23,25). The van der Waals surface area contributed by atoms with Gasteiger partial charge in [-0.05, 0) is 43.5 Å². The predicted molar refractivity (Wildman–Crippen MR) is 104 cm³/mol. The van der Waals surface area contributed by atoms with E-state index < -0.39 is 5.91 Å². The first-order valence-electron chi connectivity index (χ1n) is 8.78. The molecule has 0 fully saturated rings. The molecule has 26 heavy (non-hydrogen) atoms. The van der Waals surface area contributed by atoms with Gasteiger partial charge in [-0.15, -0.1) is 0 Å². The van der Waals surface area contributed by atoms with E-state index in [0.717, 1.165) is 42.1 Å². The van der Waals surface area contributed by atoms with Crippen molar-refractivity contribution in [3.05, 3.63) is 77.5 Å². The molecule has 134 valence electrons. The maximum absolute atomic E-state index is 11.8. The van der Waals surface area contributed by atoms with E-state index in [0.29, 0.717) is 5.56 Å². The summed E-state index contributed by atoms with van der Waals surface area (Å²) in [5, 5.41) is 0. The van der Waals surface area contributed by atoms with Gasteiger partial charge in [0.15, 0.2) is 0 Å². The molecule has 0 radical (unpaired) electrons. The molecule has 2 N–H and O–H groups in total. The van der Waals surface area contributed by atoms with Gasteiger partial charge in [0.25, 0.3) is 5.91 Å². The molecule has 0 spiro atoms. The topological polar surface area (TPSA) is 57.2 Å². The van der Waals surface area contributed by atoms with Gasteiger partial charge < -0.3 is 15.0 Å². The number of ether oxygens (including phenoxy) is 1. The second-order valence-corrected chi connectivity index (χ2v) is 6.37. The summed E-state index contributed by atoms with van der Waals surface area (Å²) in [5.74, 6) is 0.395. The zero-order chi connectivity index (χ0) is 18.5. The minimum absolute atomic E-state index is 0.395. The molecular weight excluding hydrogens is 324 g/mol. The van der Waals surface area contributed by atoms with E-state index in [4.69, 9.17) is 10.5 Å². The van der Waals surface area contributed by atoms with Crippen molar-refractivity contribution in [2.24, 2.45) is 5.73 Å². The number of aryl methyl sites for hydroxylation is 1. The Balaban J connectivity index is 1.90. The lowest BCUT2D eigenvalue weighted by Crippen LogP contribution is -2.12. The van der Waals surface area contributed by atoms with E-state index in [2.05, 4.69) is 28.8 Å². The molecule has 4 heteroatoms. The van der Waals surface area contributed by atoms with E-state index in [-0.39, 0.29) is 0 Å². The highest BCUT2D eigenvalue weighted by atomic mass is 16.5. The van der Waals surface area contributed by atoms with Crippen molar-refractivity contribution >= 4 is 5.91 Å². The smallest absolute Gasteiger partial charge is 0.250 e. The molecule has 0 atom stereocenters. The zero-order valence-electron chi connectivity index (χ0n) is 15.2. The van der Waals surface area contributed by atoms with Crippen LogP contribution in [0.25, 0.3) is 11.3 Å². The summed E-state index contributed by atoms with van der Waals surface area (Å²) in [7, 11) is 1.65. The van der Waals surface area contributed by atoms with Gasteiger partial charge in [0.05, 0.1) is 12.7 Å². The number of hydrogen-bond donors (Lipinski definition) is 1. The van der Waals surface area contributed by atoms with Crippen molar-refractivity contribution in [3.63, 3.8) is 0 Å². The van der Waals surface area contributed by atoms with E-state index in [1.807, 2.05) is 43.3 Å². The van der Waals surface area contributed by atoms with Gasteiger partial charge in [-0.3, -0.25) is 4.79 Å². The van der Waals surface area contributed by atoms with Crippen molar-refractivity contribution in [2.75, 3.05) is 7.11 Å². The minimum Gasteiger partial charge on any atom is -0.497 e. The number of methoxy groups -OCH3 is 1. The third-order valence-corrected chi connectivity index (χ3v) is 4.69. The lowest BCUT2D eigenvalue weighted by molar-refractivity contribution is 0.0999. The highest BCUT2D eigenvalue weighted by molar-refractivity contribution is 5.95. The van der Waals surface area contributed by atoms with Crippen LogP contribution in [0.2, 0.25) is 0 Å². The number of benzene rings is 2. The van der Waals surface area contributed by atoms with Crippen molar-refractivity contribution in [1.29, 1.82) is 0 Å². The molecule has 0 aliphatic heterocycles. The molecule has 3 rings (SSSR count). The lowest BCUT2D eigenvalue weighted by atomic mass is 10.1. The molecule has 0 aliphatic carbocycles. The van der Waals surface area contributed by atoms with Crippen LogP contribution in [0.1, 0.15) is 28.0 Å². The molecule has 0 unspecified atom stereocenters. The Bertz CT molecular complexity index is 898. The van der Waals surface area contributed by atoms with E-state index in [1.165, 1.54) is 5.56 Å². The number of carbonyl (C=O) groups excluding carboxylic acids is 1. The van der Waals surface area contributed by atoms with Crippen LogP contribution in [0.4, 0.5) is 0 Å². The van der Waals surface area contributed by atoms with Crippen LogP contribution in [-0.4, -0.2) is 17.6 Å². The molecular formula is C22H24N2O2. The van der Waals surface area contributed by atoms with Crippen molar-refractivity contribution in [2.45, 2.75) is 26.3 Å². The molecule has 2 aromatic carbocycles. The molecule has 0 bridgehead atoms. The van der Waals surface area contributed by atoms with Gasteiger partial charge in [0.2, 0.25) is 0 Å². The summed E-state index contributed by atoms with van der Waals surface area (Å²) in [6.07, 6.45) is 1.97. The monoisotopic (exact) mass is 348 g/mol. The summed E-state index contributed by atoms with van der Waals surface area (Å²) in [4.78, 5) is 11.8. The molecule has 3 aromatic rings. The molecule has 1 amide bonds. The molecule has 0 aliphatic rings. The fraction of sp³-hybridized carbons (Fsp3) is 0.227. The lowest BCUT2D eigenvalue weighted by Gasteiger charge is -2.13. The van der Waals surface area contributed by atoms with Crippen LogP contribution in [0.5, 0.6) is 5.75 Å². The zero-order valence-corrected chi connectivity index (χ0v) is 15.2.